The summed E-state index contributed by atoms with van der Waals surface area (Å²) in [5, 5.41) is 0. The highest BCUT2D eigenvalue weighted by atomic mass is 127. The predicted octanol–water partition coefficient (Wildman–Crippen LogP) is 1.20. The van der Waals surface area contributed by atoms with Gasteiger partial charge in [0, 0.05) is 28.7 Å². The molecule has 1 aliphatic rings. The van der Waals surface area contributed by atoms with Crippen molar-refractivity contribution >= 4 is 22.6 Å². The number of allylic oxidation sites excluding steroid dienone is 1. The van der Waals surface area contributed by atoms with E-state index in [1.165, 1.54) is 5.56 Å². The number of fused-ring (bicyclic) bond motifs is 1. The zero-order chi connectivity index (χ0) is 8.72. The van der Waals surface area contributed by atoms with E-state index in [-0.39, 0.29) is 0 Å². The molecule has 2 rings (SSSR count). The van der Waals surface area contributed by atoms with E-state index < -0.39 is 0 Å². The van der Waals surface area contributed by atoms with Crippen molar-refractivity contribution in [3.63, 3.8) is 0 Å². The largest absolute Gasteiger partial charge is 0.329 e. The quantitative estimate of drug-likeness (QED) is 0.498. The van der Waals surface area contributed by atoms with Gasteiger partial charge in [0.2, 0.25) is 9.42 Å². The van der Waals surface area contributed by atoms with Gasteiger partial charge in [0.25, 0.3) is 0 Å². The van der Waals surface area contributed by atoms with Gasteiger partial charge < -0.3 is 0 Å². The molecule has 2 heterocycles. The molecule has 1 aliphatic heterocycles. The minimum Gasteiger partial charge on any atom is -0.187 e. The molecule has 12 heavy (non-hydrogen) atoms. The zero-order valence-corrected chi connectivity index (χ0v) is 8.87. The van der Waals surface area contributed by atoms with Crippen molar-refractivity contribution in [1.82, 2.24) is 0 Å². The molecule has 0 aliphatic carbocycles. The van der Waals surface area contributed by atoms with E-state index in [2.05, 4.69) is 53.2 Å². The van der Waals surface area contributed by atoms with E-state index in [0.717, 1.165) is 14.9 Å². The molecule has 0 amide bonds. The topological polar surface area (TPSA) is 18.3 Å². The molecule has 0 aromatic carbocycles. The minimum absolute atomic E-state index is 0.848. The van der Waals surface area contributed by atoms with Crippen LogP contribution in [0.1, 0.15) is 5.56 Å². The summed E-state index contributed by atoms with van der Waals surface area (Å²) >= 11 is 2.25. The molecular weight excluding hydrogens is 263 g/mol. The van der Waals surface area contributed by atoms with Crippen molar-refractivity contribution in [3.8, 4) is 0 Å². The molecule has 0 saturated carbocycles. The normalized spacial score (nSPS) is 14.5. The van der Waals surface area contributed by atoms with E-state index in [9.17, 15) is 0 Å². The van der Waals surface area contributed by atoms with Gasteiger partial charge in [-0.3, -0.25) is 0 Å². The Hall–Kier alpha value is -0.710. The summed E-state index contributed by atoms with van der Waals surface area (Å²) < 4.78 is 3.12. The number of aryl methyl sites for hydroxylation is 1. The van der Waals surface area contributed by atoms with Crippen molar-refractivity contribution < 1.29 is 4.24 Å². The lowest BCUT2D eigenvalue weighted by molar-refractivity contribution is -0.523. The smallest absolute Gasteiger partial charge is 0.187 e. The first-order valence-corrected chi connectivity index (χ1v) is 4.72. The monoisotopic (exact) mass is 271 g/mol. The van der Waals surface area contributed by atoms with Gasteiger partial charge >= 0.3 is 5.49 Å². The van der Waals surface area contributed by atoms with Crippen molar-refractivity contribution in [1.29, 1.82) is 0 Å². The molecule has 1 aromatic rings. The maximum Gasteiger partial charge on any atom is 0.329 e. The molecule has 3 heteroatoms. The molecule has 2 nitrogen and oxygen atoms in total. The highest BCUT2D eigenvalue weighted by Gasteiger charge is 2.17. The second-order valence-electron chi connectivity index (χ2n) is 2.78. The summed E-state index contributed by atoms with van der Waals surface area (Å²) in [7, 11) is 0. The molecule has 0 radical (unpaired) electrons. The van der Waals surface area contributed by atoms with Crippen molar-refractivity contribution in [2.24, 2.45) is 4.99 Å². The first-order chi connectivity index (χ1) is 5.68. The number of hydrogen-bond donors (Lipinski definition) is 0. The Morgan fingerprint density at radius 3 is 3.08 bits per heavy atom. The average molecular weight is 271 g/mol. The molecule has 0 N–H and O–H groups in total. The first-order valence-electron chi connectivity index (χ1n) is 3.64. The van der Waals surface area contributed by atoms with Crippen molar-refractivity contribution in [2.75, 3.05) is 0 Å². The number of pyridine rings is 1. The van der Waals surface area contributed by atoms with Crippen LogP contribution in [0.15, 0.2) is 35.6 Å². The van der Waals surface area contributed by atoms with Crippen LogP contribution in [0.5, 0.6) is 0 Å². The van der Waals surface area contributed by atoms with E-state index in [0.29, 0.717) is 0 Å². The number of aromatic nitrogens is 1. The van der Waals surface area contributed by atoms with Crippen LogP contribution in [0.3, 0.4) is 0 Å². The molecule has 0 bridgehead atoms. The summed E-state index contributed by atoms with van der Waals surface area (Å²) in [6.07, 6.45) is 2.02. The van der Waals surface area contributed by atoms with Crippen LogP contribution >= 0.6 is 22.6 Å². The van der Waals surface area contributed by atoms with Gasteiger partial charge in [-0.25, -0.2) is 0 Å². The highest BCUT2D eigenvalue weighted by molar-refractivity contribution is 14.1. The summed E-state index contributed by atoms with van der Waals surface area (Å²) in [4.78, 5) is 4.32. The second kappa shape index (κ2) is 2.65. The van der Waals surface area contributed by atoms with Gasteiger partial charge in [0.15, 0.2) is 0 Å². The van der Waals surface area contributed by atoms with Gasteiger partial charge in [-0.1, -0.05) is 0 Å². The van der Waals surface area contributed by atoms with Gasteiger partial charge in [-0.15, -0.1) is 0 Å². The molecule has 0 atom stereocenters. The SMILES string of the molecule is C=C1N=c2cc(C)cc[n+]2=C1I. The van der Waals surface area contributed by atoms with Crippen LogP contribution in [0.4, 0.5) is 0 Å². The Labute approximate surface area is 84.1 Å². The van der Waals surface area contributed by atoms with Crippen molar-refractivity contribution in [2.45, 2.75) is 6.92 Å². The maximum atomic E-state index is 4.32. The summed E-state index contributed by atoms with van der Waals surface area (Å²) in [5.74, 6) is 0. The van der Waals surface area contributed by atoms with E-state index >= 15 is 0 Å². The van der Waals surface area contributed by atoms with Crippen LogP contribution < -0.4 is 9.73 Å². The Kier molecular flexibility index (Phi) is 1.75. The average Bonchev–Trinajstić information content (AvgIpc) is 2.28. The van der Waals surface area contributed by atoms with Crippen molar-refractivity contribution in [3.05, 3.63) is 45.4 Å². The molecule has 0 unspecified atom stereocenters. The lowest BCUT2D eigenvalue weighted by Crippen LogP contribution is -2.35. The highest BCUT2D eigenvalue weighted by Crippen LogP contribution is 2.11. The summed E-state index contributed by atoms with van der Waals surface area (Å²) in [6.45, 7) is 5.91. The van der Waals surface area contributed by atoms with E-state index in [1.807, 2.05) is 10.4 Å². The van der Waals surface area contributed by atoms with Crippen LogP contribution in [0.25, 0.3) is 0 Å². The van der Waals surface area contributed by atoms with Crippen LogP contribution in [0, 0.1) is 10.6 Å². The van der Waals surface area contributed by atoms with Crippen LogP contribution in [0.2, 0.25) is 0 Å². The van der Waals surface area contributed by atoms with Gasteiger partial charge in [-0.05, 0) is 30.1 Å². The molecular formula is C9H8IN2+. The number of hydrogen-bond acceptors (Lipinski definition) is 1. The number of nitrogens with zero attached hydrogens (tertiary/aromatic N) is 2. The Morgan fingerprint density at radius 1 is 1.58 bits per heavy atom. The summed E-state index contributed by atoms with van der Waals surface area (Å²) in [5.41, 5.74) is 3.05. The van der Waals surface area contributed by atoms with E-state index in [1.54, 1.807) is 0 Å². The van der Waals surface area contributed by atoms with Gasteiger partial charge in [0.05, 0.1) is 6.20 Å². The van der Waals surface area contributed by atoms with Gasteiger partial charge in [0.1, 0.15) is 0 Å². The fourth-order valence-electron chi connectivity index (χ4n) is 1.17. The van der Waals surface area contributed by atoms with Crippen LogP contribution in [-0.2, 0) is 0 Å². The third kappa shape index (κ3) is 1.08. The fourth-order valence-corrected chi connectivity index (χ4v) is 1.69. The second-order valence-corrected chi connectivity index (χ2v) is 3.80. The number of rotatable bonds is 0. The zero-order valence-electron chi connectivity index (χ0n) is 6.71. The Balaban J connectivity index is 2.94. The predicted molar refractivity (Wildman–Crippen MR) is 54.3 cm³/mol. The standard InChI is InChI=1S/C9H8IN2/c1-6-3-4-12-8(5-6)11-7(2)9(12)10/h3-5H,2H2,1H3/q+1. The molecule has 0 saturated heterocycles. The minimum atomic E-state index is 0.848. The number of halogens is 1. The molecule has 60 valence electrons. The fraction of sp³-hybridized carbons (Fsp3) is 0.111. The molecule has 0 spiro atoms. The molecule has 1 aromatic heterocycles. The van der Waals surface area contributed by atoms with Gasteiger partial charge in [-0.2, -0.15) is 4.24 Å². The van der Waals surface area contributed by atoms with Crippen LogP contribution in [-0.4, -0.2) is 0 Å². The molecule has 0 fully saturated rings. The Bertz CT molecular complexity index is 474. The third-order valence-corrected chi connectivity index (χ3v) is 2.93. The maximum absolute atomic E-state index is 4.32. The lowest BCUT2D eigenvalue weighted by atomic mass is 10.3. The first kappa shape index (κ1) is 7.91. The Morgan fingerprint density at radius 2 is 2.33 bits per heavy atom. The lowest BCUT2D eigenvalue weighted by Gasteiger charge is -1.84. The van der Waals surface area contributed by atoms with E-state index in [4.69, 9.17) is 0 Å². The summed E-state index contributed by atoms with van der Waals surface area (Å²) in [6, 6.07) is 4.12. The third-order valence-electron chi connectivity index (χ3n) is 1.79.